The Labute approximate surface area is 128 Å². The molecular weight excluding hydrogens is 286 g/mol. The van der Waals surface area contributed by atoms with E-state index in [2.05, 4.69) is 24.0 Å². The lowest BCUT2D eigenvalue weighted by Crippen LogP contribution is -2.31. The van der Waals surface area contributed by atoms with Gasteiger partial charge in [0, 0.05) is 39.2 Å². The number of aliphatic hydroxyl groups excluding tert-OH is 1. The fourth-order valence-corrected chi connectivity index (χ4v) is 5.90. The number of hydrogen-bond acceptors (Lipinski definition) is 4. The largest absolute Gasteiger partial charge is 0.387 e. The minimum absolute atomic E-state index is 0.270. The summed E-state index contributed by atoms with van der Waals surface area (Å²) in [7, 11) is 0. The van der Waals surface area contributed by atoms with Crippen LogP contribution in [0.4, 0.5) is 0 Å². The third kappa shape index (κ3) is 2.69. The van der Waals surface area contributed by atoms with Gasteiger partial charge in [-0.3, -0.25) is 4.98 Å². The van der Waals surface area contributed by atoms with Crippen molar-refractivity contribution in [2.45, 2.75) is 29.9 Å². The Balaban J connectivity index is 1.97. The summed E-state index contributed by atoms with van der Waals surface area (Å²) in [6, 6.07) is 10.1. The molecular formula is C16H19NOS2. The lowest BCUT2D eigenvalue weighted by molar-refractivity contribution is 0.173. The number of nitrogens with zero attached hydrogens (tertiary/aromatic N) is 1. The SMILES string of the molecule is CCC1SCCSC1C(O)c1cccc2cccnc12. The van der Waals surface area contributed by atoms with Crippen molar-refractivity contribution < 1.29 is 5.11 Å². The number of aliphatic hydroxyl groups is 1. The van der Waals surface area contributed by atoms with Crippen LogP contribution < -0.4 is 0 Å². The highest BCUT2D eigenvalue weighted by Crippen LogP contribution is 2.41. The first-order valence-corrected chi connectivity index (χ1v) is 9.16. The van der Waals surface area contributed by atoms with Gasteiger partial charge in [0.05, 0.1) is 11.6 Å². The maximum atomic E-state index is 10.9. The highest BCUT2D eigenvalue weighted by atomic mass is 32.2. The highest BCUT2D eigenvalue weighted by Gasteiger charge is 2.32. The maximum Gasteiger partial charge on any atom is 0.0940 e. The van der Waals surface area contributed by atoms with Crippen LogP contribution in [-0.2, 0) is 0 Å². The van der Waals surface area contributed by atoms with E-state index in [0.29, 0.717) is 5.25 Å². The normalized spacial score (nSPS) is 24.7. The van der Waals surface area contributed by atoms with Crippen LogP contribution in [0, 0.1) is 0 Å². The second-order valence-corrected chi connectivity index (χ2v) is 7.65. The lowest BCUT2D eigenvalue weighted by Gasteiger charge is -2.33. The van der Waals surface area contributed by atoms with Gasteiger partial charge in [-0.05, 0) is 12.5 Å². The molecule has 3 unspecified atom stereocenters. The Kier molecular flexibility index (Phi) is 4.54. The molecule has 1 N–H and O–H groups in total. The van der Waals surface area contributed by atoms with E-state index in [1.165, 1.54) is 5.75 Å². The van der Waals surface area contributed by atoms with Gasteiger partial charge in [0.15, 0.2) is 0 Å². The van der Waals surface area contributed by atoms with Gasteiger partial charge in [0.1, 0.15) is 0 Å². The molecule has 1 saturated heterocycles. The van der Waals surface area contributed by atoms with Crippen LogP contribution in [0.3, 0.4) is 0 Å². The molecule has 1 aliphatic rings. The highest BCUT2D eigenvalue weighted by molar-refractivity contribution is 8.07. The summed E-state index contributed by atoms with van der Waals surface area (Å²) in [6.45, 7) is 2.21. The van der Waals surface area contributed by atoms with Crippen LogP contribution in [0.2, 0.25) is 0 Å². The Morgan fingerprint density at radius 1 is 1.25 bits per heavy atom. The molecule has 2 heterocycles. The number of benzene rings is 1. The molecule has 1 aromatic heterocycles. The first-order valence-electron chi connectivity index (χ1n) is 7.06. The number of pyridine rings is 1. The Bertz CT molecular complexity index is 584. The molecule has 1 aliphatic heterocycles. The van der Waals surface area contributed by atoms with Gasteiger partial charge in [-0.2, -0.15) is 23.5 Å². The maximum absolute atomic E-state index is 10.9. The summed E-state index contributed by atoms with van der Waals surface area (Å²) in [4.78, 5) is 4.47. The number of aromatic nitrogens is 1. The summed E-state index contributed by atoms with van der Waals surface area (Å²) >= 11 is 3.91. The Hall–Kier alpha value is -0.710. The third-order valence-electron chi connectivity index (χ3n) is 3.79. The van der Waals surface area contributed by atoms with Crippen molar-refractivity contribution in [1.82, 2.24) is 4.98 Å². The van der Waals surface area contributed by atoms with Gasteiger partial charge in [0.25, 0.3) is 0 Å². The topological polar surface area (TPSA) is 33.1 Å². The number of thioether (sulfide) groups is 2. The average Bonchev–Trinajstić information content (AvgIpc) is 2.53. The fourth-order valence-electron chi connectivity index (χ4n) is 2.77. The zero-order chi connectivity index (χ0) is 13.9. The van der Waals surface area contributed by atoms with E-state index in [0.717, 1.165) is 28.6 Å². The van der Waals surface area contributed by atoms with Crippen molar-refractivity contribution in [1.29, 1.82) is 0 Å². The predicted octanol–water partition coefficient (Wildman–Crippen LogP) is 3.90. The molecule has 0 saturated carbocycles. The lowest BCUT2D eigenvalue weighted by atomic mass is 10.00. The molecule has 2 aromatic rings. The summed E-state index contributed by atoms with van der Waals surface area (Å²) in [6.07, 6.45) is 2.48. The van der Waals surface area contributed by atoms with E-state index >= 15 is 0 Å². The summed E-state index contributed by atoms with van der Waals surface area (Å²) in [5.41, 5.74) is 1.91. The second kappa shape index (κ2) is 6.37. The fraction of sp³-hybridized carbons (Fsp3) is 0.438. The van der Waals surface area contributed by atoms with Gasteiger partial charge >= 0.3 is 0 Å². The van der Waals surface area contributed by atoms with Crippen molar-refractivity contribution in [3.8, 4) is 0 Å². The molecule has 20 heavy (non-hydrogen) atoms. The average molecular weight is 305 g/mol. The van der Waals surface area contributed by atoms with E-state index in [1.54, 1.807) is 6.20 Å². The van der Waals surface area contributed by atoms with Crippen molar-refractivity contribution in [3.05, 3.63) is 42.1 Å². The molecule has 106 valence electrons. The van der Waals surface area contributed by atoms with E-state index in [-0.39, 0.29) is 5.25 Å². The van der Waals surface area contributed by atoms with Crippen molar-refractivity contribution in [2.75, 3.05) is 11.5 Å². The molecule has 4 heteroatoms. The van der Waals surface area contributed by atoms with E-state index < -0.39 is 6.10 Å². The van der Waals surface area contributed by atoms with Gasteiger partial charge in [-0.1, -0.05) is 31.2 Å². The molecule has 1 aromatic carbocycles. The van der Waals surface area contributed by atoms with Crippen molar-refractivity contribution >= 4 is 34.4 Å². The minimum Gasteiger partial charge on any atom is -0.387 e. The number of fused-ring (bicyclic) bond motifs is 1. The number of hydrogen-bond donors (Lipinski definition) is 1. The zero-order valence-corrected chi connectivity index (χ0v) is 13.2. The van der Waals surface area contributed by atoms with Crippen LogP contribution in [-0.4, -0.2) is 32.1 Å². The summed E-state index contributed by atoms with van der Waals surface area (Å²) in [5, 5.41) is 12.8. The van der Waals surface area contributed by atoms with Gasteiger partial charge in [-0.25, -0.2) is 0 Å². The van der Waals surface area contributed by atoms with Crippen molar-refractivity contribution in [3.63, 3.8) is 0 Å². The first-order chi connectivity index (χ1) is 9.81. The molecule has 0 aliphatic carbocycles. The molecule has 0 spiro atoms. The smallest absolute Gasteiger partial charge is 0.0940 e. The second-order valence-electron chi connectivity index (χ2n) is 5.02. The quantitative estimate of drug-likeness (QED) is 0.932. The standard InChI is InChI=1S/C16H19NOS2/c1-2-13-16(20-10-9-19-13)15(18)12-7-3-5-11-6-4-8-17-14(11)12/h3-8,13,15-16,18H,2,9-10H2,1H3. The molecule has 2 nitrogen and oxygen atoms in total. The van der Waals surface area contributed by atoms with Crippen LogP contribution in [0.1, 0.15) is 25.0 Å². The van der Waals surface area contributed by atoms with Gasteiger partial charge in [-0.15, -0.1) is 0 Å². The van der Waals surface area contributed by atoms with Crippen LogP contribution in [0.15, 0.2) is 36.5 Å². The molecule has 0 radical (unpaired) electrons. The summed E-state index contributed by atoms with van der Waals surface area (Å²) in [5.74, 6) is 2.32. The molecule has 0 bridgehead atoms. The van der Waals surface area contributed by atoms with Crippen molar-refractivity contribution in [2.24, 2.45) is 0 Å². The predicted molar refractivity (Wildman–Crippen MR) is 89.5 cm³/mol. The van der Waals surface area contributed by atoms with Crippen LogP contribution >= 0.6 is 23.5 Å². The zero-order valence-electron chi connectivity index (χ0n) is 11.5. The molecule has 1 fully saturated rings. The third-order valence-corrected chi connectivity index (χ3v) is 7.12. The van der Waals surface area contributed by atoms with Gasteiger partial charge in [0.2, 0.25) is 0 Å². The van der Waals surface area contributed by atoms with E-state index in [9.17, 15) is 5.11 Å². The van der Waals surface area contributed by atoms with Gasteiger partial charge < -0.3 is 5.11 Å². The van der Waals surface area contributed by atoms with Crippen LogP contribution in [0.25, 0.3) is 10.9 Å². The monoisotopic (exact) mass is 305 g/mol. The van der Waals surface area contributed by atoms with Crippen LogP contribution in [0.5, 0.6) is 0 Å². The summed E-state index contributed by atoms with van der Waals surface area (Å²) < 4.78 is 0. The minimum atomic E-state index is -0.434. The Morgan fingerprint density at radius 2 is 2.05 bits per heavy atom. The molecule has 3 atom stereocenters. The number of para-hydroxylation sites is 1. The first kappa shape index (κ1) is 14.2. The molecule has 0 amide bonds. The Morgan fingerprint density at radius 3 is 2.90 bits per heavy atom. The van der Waals surface area contributed by atoms with E-state index in [4.69, 9.17) is 0 Å². The van der Waals surface area contributed by atoms with E-state index in [1.807, 2.05) is 41.7 Å². The molecule has 3 rings (SSSR count). The number of rotatable bonds is 3.